The standard InChI is InChI=1S/C21H20N2O4/c1-15(27-19-11-5-3-8-17(19)13-22)21(25)26-14-20(24)23-12-6-9-16-7-2-4-10-18(16)23/h2-5,7-8,10-11,15H,6,9,12,14H2,1H3. The normalized spacial score (nSPS) is 13.9. The van der Waals surface area contributed by atoms with Crippen LogP contribution in [0.4, 0.5) is 5.69 Å². The fourth-order valence-corrected chi connectivity index (χ4v) is 3.02. The molecular formula is C21H20N2O4. The highest BCUT2D eigenvalue weighted by Gasteiger charge is 2.25. The van der Waals surface area contributed by atoms with Crippen LogP contribution in [0.2, 0.25) is 0 Å². The molecule has 6 nitrogen and oxygen atoms in total. The Labute approximate surface area is 157 Å². The Morgan fingerprint density at radius 2 is 1.93 bits per heavy atom. The van der Waals surface area contributed by atoms with Crippen molar-refractivity contribution in [3.8, 4) is 11.8 Å². The molecule has 0 radical (unpaired) electrons. The first-order valence-corrected chi connectivity index (χ1v) is 8.81. The summed E-state index contributed by atoms with van der Waals surface area (Å²) in [5, 5.41) is 9.07. The maximum Gasteiger partial charge on any atom is 0.347 e. The molecule has 6 heteroatoms. The number of aryl methyl sites for hydroxylation is 1. The molecule has 3 rings (SSSR count). The Balaban J connectivity index is 1.58. The van der Waals surface area contributed by atoms with E-state index >= 15 is 0 Å². The summed E-state index contributed by atoms with van der Waals surface area (Å²) in [6.07, 6.45) is 0.880. The quantitative estimate of drug-likeness (QED) is 0.762. The maximum atomic E-state index is 12.5. The number of amides is 1. The van der Waals surface area contributed by atoms with E-state index in [4.69, 9.17) is 14.7 Å². The summed E-state index contributed by atoms with van der Waals surface area (Å²) in [6.45, 7) is 1.78. The van der Waals surface area contributed by atoms with Crippen molar-refractivity contribution < 1.29 is 19.1 Å². The second-order valence-corrected chi connectivity index (χ2v) is 6.25. The minimum absolute atomic E-state index is 0.264. The number of hydrogen-bond acceptors (Lipinski definition) is 5. The molecular weight excluding hydrogens is 344 g/mol. The van der Waals surface area contributed by atoms with Gasteiger partial charge in [-0.05, 0) is 43.5 Å². The van der Waals surface area contributed by atoms with Gasteiger partial charge in [-0.25, -0.2) is 4.79 Å². The van der Waals surface area contributed by atoms with Gasteiger partial charge in [-0.1, -0.05) is 30.3 Å². The number of carbonyl (C=O) groups excluding carboxylic acids is 2. The monoisotopic (exact) mass is 364 g/mol. The molecule has 2 aromatic rings. The van der Waals surface area contributed by atoms with Crippen LogP contribution >= 0.6 is 0 Å². The molecule has 138 valence electrons. The van der Waals surface area contributed by atoms with Gasteiger partial charge in [-0.3, -0.25) is 4.79 Å². The second-order valence-electron chi connectivity index (χ2n) is 6.25. The number of ether oxygens (including phenoxy) is 2. The predicted molar refractivity (Wildman–Crippen MR) is 99.3 cm³/mol. The Morgan fingerprint density at radius 1 is 1.19 bits per heavy atom. The smallest absolute Gasteiger partial charge is 0.347 e. The summed E-state index contributed by atoms with van der Waals surface area (Å²) in [6, 6.07) is 16.4. The number of nitriles is 1. The van der Waals surface area contributed by atoms with Gasteiger partial charge < -0.3 is 14.4 Å². The summed E-state index contributed by atoms with van der Waals surface area (Å²) in [4.78, 5) is 26.3. The zero-order chi connectivity index (χ0) is 19.2. The van der Waals surface area contributed by atoms with Crippen molar-refractivity contribution in [2.45, 2.75) is 25.9 Å². The maximum absolute atomic E-state index is 12.5. The van der Waals surface area contributed by atoms with Crippen molar-refractivity contribution in [1.82, 2.24) is 0 Å². The number of benzene rings is 2. The van der Waals surface area contributed by atoms with Crippen LogP contribution in [0, 0.1) is 11.3 Å². The van der Waals surface area contributed by atoms with Crippen LogP contribution in [-0.4, -0.2) is 31.1 Å². The van der Waals surface area contributed by atoms with Crippen molar-refractivity contribution in [2.75, 3.05) is 18.1 Å². The molecule has 1 aliphatic rings. The zero-order valence-corrected chi connectivity index (χ0v) is 15.1. The molecule has 0 saturated heterocycles. The van der Waals surface area contributed by atoms with E-state index in [-0.39, 0.29) is 12.5 Å². The van der Waals surface area contributed by atoms with E-state index in [1.54, 1.807) is 29.2 Å². The molecule has 27 heavy (non-hydrogen) atoms. The Kier molecular flexibility index (Phi) is 5.72. The lowest BCUT2D eigenvalue weighted by Gasteiger charge is -2.29. The predicted octanol–water partition coefficient (Wildman–Crippen LogP) is 2.85. The number of carbonyl (C=O) groups is 2. The highest BCUT2D eigenvalue weighted by molar-refractivity contribution is 5.96. The third-order valence-corrected chi connectivity index (χ3v) is 4.39. The summed E-state index contributed by atoms with van der Waals surface area (Å²) >= 11 is 0. The molecule has 0 spiro atoms. The third-order valence-electron chi connectivity index (χ3n) is 4.39. The van der Waals surface area contributed by atoms with Gasteiger partial charge in [0.2, 0.25) is 0 Å². The Morgan fingerprint density at radius 3 is 2.74 bits per heavy atom. The lowest BCUT2D eigenvalue weighted by molar-refractivity contribution is -0.154. The van der Waals surface area contributed by atoms with Crippen molar-refractivity contribution in [2.24, 2.45) is 0 Å². The molecule has 1 atom stereocenters. The molecule has 1 unspecified atom stereocenters. The molecule has 0 saturated carbocycles. The van der Waals surface area contributed by atoms with Gasteiger partial charge in [-0.15, -0.1) is 0 Å². The average Bonchev–Trinajstić information content (AvgIpc) is 2.71. The minimum Gasteiger partial charge on any atom is -0.478 e. The van der Waals surface area contributed by atoms with E-state index in [0.717, 1.165) is 24.1 Å². The van der Waals surface area contributed by atoms with Crippen LogP contribution in [0.5, 0.6) is 5.75 Å². The first-order chi connectivity index (χ1) is 13.1. The Hall–Kier alpha value is -3.33. The summed E-state index contributed by atoms with van der Waals surface area (Å²) in [5.74, 6) is -0.609. The largest absolute Gasteiger partial charge is 0.478 e. The number of anilines is 1. The van der Waals surface area contributed by atoms with Gasteiger partial charge in [0, 0.05) is 12.2 Å². The van der Waals surface area contributed by atoms with E-state index in [9.17, 15) is 9.59 Å². The summed E-state index contributed by atoms with van der Waals surface area (Å²) in [7, 11) is 0. The number of esters is 1. The van der Waals surface area contributed by atoms with Crippen LogP contribution in [0.3, 0.4) is 0 Å². The fourth-order valence-electron chi connectivity index (χ4n) is 3.02. The van der Waals surface area contributed by atoms with E-state index in [1.807, 2.05) is 30.3 Å². The van der Waals surface area contributed by atoms with Gasteiger partial charge in [0.1, 0.15) is 11.8 Å². The van der Waals surface area contributed by atoms with E-state index in [1.165, 1.54) is 6.92 Å². The molecule has 2 aromatic carbocycles. The van der Waals surface area contributed by atoms with Gasteiger partial charge in [0.05, 0.1) is 5.56 Å². The zero-order valence-electron chi connectivity index (χ0n) is 15.1. The van der Waals surface area contributed by atoms with Gasteiger partial charge in [0.25, 0.3) is 5.91 Å². The highest BCUT2D eigenvalue weighted by Crippen LogP contribution is 2.26. The number of fused-ring (bicyclic) bond motifs is 1. The molecule has 1 heterocycles. The first kappa shape index (κ1) is 18.5. The van der Waals surface area contributed by atoms with E-state index in [2.05, 4.69) is 0 Å². The molecule has 0 fully saturated rings. The van der Waals surface area contributed by atoms with Gasteiger partial charge >= 0.3 is 5.97 Å². The number of nitrogens with zero attached hydrogens (tertiary/aromatic N) is 2. The minimum atomic E-state index is -0.930. The average molecular weight is 364 g/mol. The van der Waals surface area contributed by atoms with Crippen molar-refractivity contribution >= 4 is 17.6 Å². The van der Waals surface area contributed by atoms with E-state index < -0.39 is 12.1 Å². The first-order valence-electron chi connectivity index (χ1n) is 8.81. The summed E-state index contributed by atoms with van der Waals surface area (Å²) in [5.41, 5.74) is 2.32. The Bertz CT molecular complexity index is 888. The van der Waals surface area contributed by atoms with Crippen LogP contribution < -0.4 is 9.64 Å². The fraction of sp³-hybridized carbons (Fsp3) is 0.286. The van der Waals surface area contributed by atoms with Crippen molar-refractivity contribution in [3.63, 3.8) is 0 Å². The molecule has 1 aliphatic heterocycles. The van der Waals surface area contributed by atoms with Crippen molar-refractivity contribution in [1.29, 1.82) is 5.26 Å². The topological polar surface area (TPSA) is 79.6 Å². The number of hydrogen-bond donors (Lipinski definition) is 0. The second kappa shape index (κ2) is 8.37. The van der Waals surface area contributed by atoms with E-state index in [0.29, 0.717) is 17.9 Å². The van der Waals surface area contributed by atoms with Gasteiger partial charge in [0.15, 0.2) is 12.7 Å². The molecule has 1 amide bonds. The number of para-hydroxylation sites is 2. The summed E-state index contributed by atoms with van der Waals surface area (Å²) < 4.78 is 10.7. The SMILES string of the molecule is CC(Oc1ccccc1C#N)C(=O)OCC(=O)N1CCCc2ccccc21. The van der Waals surface area contributed by atoms with Gasteiger partial charge in [-0.2, -0.15) is 5.26 Å². The molecule has 0 aromatic heterocycles. The lowest BCUT2D eigenvalue weighted by atomic mass is 10.0. The van der Waals surface area contributed by atoms with Crippen molar-refractivity contribution in [3.05, 3.63) is 59.7 Å². The van der Waals surface area contributed by atoms with Crippen LogP contribution in [0.1, 0.15) is 24.5 Å². The van der Waals surface area contributed by atoms with Crippen LogP contribution in [-0.2, 0) is 20.7 Å². The van der Waals surface area contributed by atoms with Crippen LogP contribution in [0.15, 0.2) is 48.5 Å². The molecule has 0 aliphatic carbocycles. The molecule has 0 bridgehead atoms. The number of rotatable bonds is 5. The molecule has 0 N–H and O–H groups in total. The van der Waals surface area contributed by atoms with Crippen LogP contribution in [0.25, 0.3) is 0 Å². The third kappa shape index (κ3) is 4.26. The highest BCUT2D eigenvalue weighted by atomic mass is 16.6. The lowest BCUT2D eigenvalue weighted by Crippen LogP contribution is -2.39.